The van der Waals surface area contributed by atoms with Crippen LogP contribution in [0.1, 0.15) is 66.7 Å². The quantitative estimate of drug-likeness (QED) is 0.382. The highest BCUT2D eigenvalue weighted by Gasteiger charge is 2.43. The van der Waals surface area contributed by atoms with Crippen LogP contribution in [0.25, 0.3) is 0 Å². The van der Waals surface area contributed by atoms with Crippen LogP contribution in [-0.2, 0) is 19.0 Å². The molecule has 1 fully saturated rings. The van der Waals surface area contributed by atoms with E-state index in [1.807, 2.05) is 0 Å². The highest BCUT2D eigenvalue weighted by Crippen LogP contribution is 2.31. The molecule has 2 amide bonds. The standard InChI is InChI=1S/C19H34N2O7/c1-6-26-17(23)16(22)15(14-10-8-7-9-11-14)21(19(25)28-13(4)5)20-18(24)27-12(2)3/h12-16,22H,6-11H2,1-5H3,(H,20,24). The second-order valence-corrected chi connectivity index (χ2v) is 7.45. The molecule has 2 atom stereocenters. The first-order valence-corrected chi connectivity index (χ1v) is 9.99. The largest absolute Gasteiger partial charge is 0.464 e. The second-order valence-electron chi connectivity index (χ2n) is 7.45. The fourth-order valence-corrected chi connectivity index (χ4v) is 3.29. The second kappa shape index (κ2) is 11.7. The number of hydrogen-bond donors (Lipinski definition) is 2. The van der Waals surface area contributed by atoms with Gasteiger partial charge in [-0.25, -0.2) is 24.8 Å². The van der Waals surface area contributed by atoms with Crippen LogP contribution in [0.2, 0.25) is 0 Å². The van der Waals surface area contributed by atoms with E-state index in [2.05, 4.69) is 5.43 Å². The number of esters is 1. The molecule has 0 aromatic rings. The van der Waals surface area contributed by atoms with Crippen molar-refractivity contribution in [3.63, 3.8) is 0 Å². The van der Waals surface area contributed by atoms with Gasteiger partial charge in [-0.3, -0.25) is 0 Å². The highest BCUT2D eigenvalue weighted by molar-refractivity contribution is 5.78. The molecule has 0 heterocycles. The van der Waals surface area contributed by atoms with Gasteiger partial charge in [0.1, 0.15) is 0 Å². The van der Waals surface area contributed by atoms with Gasteiger partial charge in [-0.05, 0) is 53.4 Å². The predicted octanol–water partition coefficient (Wildman–Crippen LogP) is 2.76. The SMILES string of the molecule is CCOC(=O)C(O)C(C1CCCCC1)N(NC(=O)OC(C)C)C(=O)OC(C)C. The Kier molecular flexibility index (Phi) is 10.1. The van der Waals surface area contributed by atoms with E-state index < -0.39 is 42.5 Å². The molecule has 0 aromatic heterocycles. The molecule has 9 heteroatoms. The van der Waals surface area contributed by atoms with Crippen molar-refractivity contribution >= 4 is 18.2 Å². The van der Waals surface area contributed by atoms with Crippen molar-refractivity contribution in [2.45, 2.75) is 91.1 Å². The summed E-state index contributed by atoms with van der Waals surface area (Å²) in [6.07, 6.45) is 0.0273. The third-order valence-corrected chi connectivity index (χ3v) is 4.37. The first-order valence-electron chi connectivity index (χ1n) is 9.99. The van der Waals surface area contributed by atoms with Gasteiger partial charge in [0.15, 0.2) is 6.10 Å². The van der Waals surface area contributed by atoms with Crippen LogP contribution in [0.3, 0.4) is 0 Å². The Morgan fingerprint density at radius 3 is 2.11 bits per heavy atom. The Hall–Kier alpha value is -2.03. The van der Waals surface area contributed by atoms with E-state index in [1.54, 1.807) is 34.6 Å². The van der Waals surface area contributed by atoms with Crippen molar-refractivity contribution in [1.29, 1.82) is 0 Å². The van der Waals surface area contributed by atoms with Crippen LogP contribution in [0.4, 0.5) is 9.59 Å². The van der Waals surface area contributed by atoms with Crippen LogP contribution in [0.5, 0.6) is 0 Å². The molecule has 0 saturated heterocycles. The summed E-state index contributed by atoms with van der Waals surface area (Å²) < 4.78 is 15.2. The Labute approximate surface area is 166 Å². The third kappa shape index (κ3) is 7.53. The summed E-state index contributed by atoms with van der Waals surface area (Å²) in [5.74, 6) is -1.05. The van der Waals surface area contributed by atoms with Crippen LogP contribution in [0, 0.1) is 5.92 Å². The molecular weight excluding hydrogens is 368 g/mol. The average Bonchev–Trinajstić information content (AvgIpc) is 2.60. The number of hydrazine groups is 1. The Morgan fingerprint density at radius 1 is 1.04 bits per heavy atom. The summed E-state index contributed by atoms with van der Waals surface area (Å²) in [5.41, 5.74) is 2.36. The summed E-state index contributed by atoms with van der Waals surface area (Å²) >= 11 is 0. The highest BCUT2D eigenvalue weighted by atomic mass is 16.6. The van der Waals surface area contributed by atoms with Crippen molar-refractivity contribution < 1.29 is 33.7 Å². The lowest BCUT2D eigenvalue weighted by Gasteiger charge is -2.39. The van der Waals surface area contributed by atoms with Crippen LogP contribution in [0.15, 0.2) is 0 Å². The number of amides is 2. The monoisotopic (exact) mass is 402 g/mol. The number of nitrogens with one attached hydrogen (secondary N) is 1. The van der Waals surface area contributed by atoms with Crippen molar-refractivity contribution in [2.75, 3.05) is 6.61 Å². The number of rotatable bonds is 7. The fraction of sp³-hybridized carbons (Fsp3) is 0.842. The summed E-state index contributed by atoms with van der Waals surface area (Å²) in [7, 11) is 0. The van der Waals surface area contributed by atoms with Gasteiger partial charge in [-0.2, -0.15) is 0 Å². The maximum atomic E-state index is 12.7. The maximum Gasteiger partial charge on any atom is 0.429 e. The molecule has 1 aliphatic carbocycles. The van der Waals surface area contributed by atoms with E-state index in [0.29, 0.717) is 12.8 Å². The Morgan fingerprint density at radius 2 is 1.61 bits per heavy atom. The van der Waals surface area contributed by atoms with E-state index >= 15 is 0 Å². The number of nitrogens with zero attached hydrogens (tertiary/aromatic N) is 1. The first kappa shape index (κ1) is 24.0. The molecule has 1 aliphatic rings. The van der Waals surface area contributed by atoms with Gasteiger partial charge >= 0.3 is 18.2 Å². The lowest BCUT2D eigenvalue weighted by molar-refractivity contribution is -0.159. The molecule has 2 N–H and O–H groups in total. The zero-order chi connectivity index (χ0) is 21.3. The first-order chi connectivity index (χ1) is 13.2. The summed E-state index contributed by atoms with van der Waals surface area (Å²) in [6, 6.07) is -1.02. The van der Waals surface area contributed by atoms with Crippen molar-refractivity contribution in [3.8, 4) is 0 Å². The molecule has 2 unspecified atom stereocenters. The molecule has 1 saturated carbocycles. The van der Waals surface area contributed by atoms with Gasteiger partial charge in [-0.1, -0.05) is 19.3 Å². The topological polar surface area (TPSA) is 114 Å². The van der Waals surface area contributed by atoms with E-state index in [9.17, 15) is 19.5 Å². The minimum Gasteiger partial charge on any atom is -0.464 e. The van der Waals surface area contributed by atoms with Crippen molar-refractivity contribution in [3.05, 3.63) is 0 Å². The van der Waals surface area contributed by atoms with E-state index in [0.717, 1.165) is 24.3 Å². The molecule has 0 aliphatic heterocycles. The summed E-state index contributed by atoms with van der Waals surface area (Å²) in [4.78, 5) is 37.1. The number of carbonyl (C=O) groups excluding carboxylic acids is 3. The molecule has 0 aromatic carbocycles. The van der Waals surface area contributed by atoms with Crippen molar-refractivity contribution in [1.82, 2.24) is 10.4 Å². The summed E-state index contributed by atoms with van der Waals surface area (Å²) in [6.45, 7) is 8.39. The van der Waals surface area contributed by atoms with Crippen LogP contribution in [-0.4, -0.2) is 59.2 Å². The summed E-state index contributed by atoms with van der Waals surface area (Å²) in [5, 5.41) is 11.6. The average molecular weight is 402 g/mol. The van der Waals surface area contributed by atoms with Gasteiger partial charge in [-0.15, -0.1) is 0 Å². The number of ether oxygens (including phenoxy) is 3. The molecule has 162 valence electrons. The number of aliphatic hydroxyl groups is 1. The van der Waals surface area contributed by atoms with E-state index in [-0.39, 0.29) is 12.5 Å². The van der Waals surface area contributed by atoms with E-state index in [4.69, 9.17) is 14.2 Å². The minimum absolute atomic E-state index is 0.0898. The van der Waals surface area contributed by atoms with Gasteiger partial charge in [0, 0.05) is 0 Å². The fourth-order valence-electron chi connectivity index (χ4n) is 3.29. The third-order valence-electron chi connectivity index (χ3n) is 4.37. The zero-order valence-corrected chi connectivity index (χ0v) is 17.5. The van der Waals surface area contributed by atoms with E-state index in [1.165, 1.54) is 0 Å². The number of carbonyl (C=O) groups is 3. The number of hydrogen-bond acceptors (Lipinski definition) is 7. The van der Waals surface area contributed by atoms with Gasteiger partial charge in [0.2, 0.25) is 0 Å². The lowest BCUT2D eigenvalue weighted by Crippen LogP contribution is -2.61. The van der Waals surface area contributed by atoms with Crippen molar-refractivity contribution in [2.24, 2.45) is 5.92 Å². The normalized spacial score (nSPS) is 17.0. The molecule has 28 heavy (non-hydrogen) atoms. The predicted molar refractivity (Wildman–Crippen MR) is 101 cm³/mol. The molecule has 0 spiro atoms. The number of aliphatic hydroxyl groups excluding tert-OH is 1. The minimum atomic E-state index is -1.62. The Balaban J connectivity index is 3.19. The molecule has 0 bridgehead atoms. The maximum absolute atomic E-state index is 12.7. The van der Waals surface area contributed by atoms with Gasteiger partial charge in [0.05, 0.1) is 24.9 Å². The molecule has 9 nitrogen and oxygen atoms in total. The van der Waals surface area contributed by atoms with Crippen LogP contribution < -0.4 is 5.43 Å². The smallest absolute Gasteiger partial charge is 0.429 e. The Bertz CT molecular complexity index is 518. The van der Waals surface area contributed by atoms with Gasteiger partial charge < -0.3 is 19.3 Å². The van der Waals surface area contributed by atoms with Gasteiger partial charge in [0.25, 0.3) is 0 Å². The molecule has 0 radical (unpaired) electrons. The zero-order valence-electron chi connectivity index (χ0n) is 17.5. The van der Waals surface area contributed by atoms with Crippen LogP contribution >= 0.6 is 0 Å². The molecular formula is C19H34N2O7. The molecule has 1 rings (SSSR count). The lowest BCUT2D eigenvalue weighted by atomic mass is 9.81.